The third-order valence-corrected chi connectivity index (χ3v) is 7.40. The molecule has 1 heterocycles. The van der Waals surface area contributed by atoms with Crippen LogP contribution in [0.1, 0.15) is 40.7 Å². The van der Waals surface area contributed by atoms with E-state index in [2.05, 4.69) is 39.4 Å². The number of hydrogen-bond donors (Lipinski definition) is 3. The minimum atomic E-state index is -0.304. The molecule has 7 heteroatoms. The zero-order valence-corrected chi connectivity index (χ0v) is 21.5. The number of anilines is 3. The highest BCUT2D eigenvalue weighted by Crippen LogP contribution is 2.34. The van der Waals surface area contributed by atoms with Crippen LogP contribution in [0.25, 0.3) is 0 Å². The SMILES string of the molecule is COc1ccc(C(=O)Nc2ccc(Cc3ccc(N4CCCN(CC5CC5)CC4)cc3)c(O)c2N)cc1. The highest BCUT2D eigenvalue weighted by atomic mass is 16.5. The van der Waals surface area contributed by atoms with E-state index in [1.165, 1.54) is 38.0 Å². The maximum absolute atomic E-state index is 12.6. The van der Waals surface area contributed by atoms with Gasteiger partial charge < -0.3 is 30.7 Å². The van der Waals surface area contributed by atoms with Crippen LogP contribution in [0.15, 0.2) is 60.7 Å². The van der Waals surface area contributed by atoms with Crippen molar-refractivity contribution in [3.05, 3.63) is 77.4 Å². The summed E-state index contributed by atoms with van der Waals surface area (Å²) in [7, 11) is 1.58. The van der Waals surface area contributed by atoms with E-state index in [0.717, 1.165) is 36.7 Å². The number of aromatic hydroxyl groups is 1. The Morgan fingerprint density at radius 1 is 1.00 bits per heavy atom. The van der Waals surface area contributed by atoms with E-state index in [9.17, 15) is 9.90 Å². The summed E-state index contributed by atoms with van der Waals surface area (Å²) >= 11 is 0. The zero-order chi connectivity index (χ0) is 25.8. The van der Waals surface area contributed by atoms with Crippen molar-refractivity contribution in [2.75, 3.05) is 55.8 Å². The molecule has 194 valence electrons. The van der Waals surface area contributed by atoms with Gasteiger partial charge in [-0.3, -0.25) is 4.79 Å². The van der Waals surface area contributed by atoms with E-state index in [0.29, 0.717) is 23.4 Å². The Labute approximate surface area is 218 Å². The van der Waals surface area contributed by atoms with Crippen LogP contribution in [0.5, 0.6) is 11.5 Å². The molecule has 0 bridgehead atoms. The van der Waals surface area contributed by atoms with Gasteiger partial charge in [0, 0.05) is 49.4 Å². The number of nitrogens with two attached hydrogens (primary N) is 1. The van der Waals surface area contributed by atoms with Gasteiger partial charge in [-0.05, 0) is 79.8 Å². The molecule has 0 spiro atoms. The molecule has 0 atom stereocenters. The van der Waals surface area contributed by atoms with Crippen molar-refractivity contribution in [2.45, 2.75) is 25.7 Å². The molecular formula is C30H36N4O3. The largest absolute Gasteiger partial charge is 0.505 e. The number of nitrogens with one attached hydrogen (secondary N) is 1. The molecule has 1 aliphatic carbocycles. The van der Waals surface area contributed by atoms with Gasteiger partial charge in [0.25, 0.3) is 5.91 Å². The maximum Gasteiger partial charge on any atom is 0.255 e. The minimum Gasteiger partial charge on any atom is -0.505 e. The topological polar surface area (TPSA) is 91.1 Å². The van der Waals surface area contributed by atoms with Gasteiger partial charge in [0.05, 0.1) is 18.5 Å². The molecule has 3 aromatic carbocycles. The number of carbonyl (C=O) groups is 1. The number of nitrogens with zero attached hydrogens (tertiary/aromatic N) is 2. The van der Waals surface area contributed by atoms with Crippen LogP contribution in [0, 0.1) is 5.92 Å². The highest BCUT2D eigenvalue weighted by Gasteiger charge is 2.25. The van der Waals surface area contributed by atoms with Crippen LogP contribution in [0.3, 0.4) is 0 Å². The van der Waals surface area contributed by atoms with Crippen LogP contribution < -0.4 is 20.7 Å². The monoisotopic (exact) mass is 500 g/mol. The maximum atomic E-state index is 12.6. The summed E-state index contributed by atoms with van der Waals surface area (Å²) in [6, 6.07) is 19.0. The molecule has 2 aliphatic rings. The third kappa shape index (κ3) is 6.17. The van der Waals surface area contributed by atoms with Gasteiger partial charge in [0.2, 0.25) is 0 Å². The molecule has 1 amide bonds. The Hall–Kier alpha value is -3.71. The number of methoxy groups -OCH3 is 1. The molecule has 0 unspecified atom stereocenters. The van der Waals surface area contributed by atoms with Crippen LogP contribution in [0.4, 0.5) is 17.1 Å². The normalized spacial score (nSPS) is 16.3. The lowest BCUT2D eigenvalue weighted by molar-refractivity contribution is 0.102. The Kier molecular flexibility index (Phi) is 7.51. The molecule has 0 aromatic heterocycles. The first-order valence-electron chi connectivity index (χ1n) is 13.1. The van der Waals surface area contributed by atoms with Crippen LogP contribution in [0.2, 0.25) is 0 Å². The summed E-state index contributed by atoms with van der Waals surface area (Å²) in [5, 5.41) is 13.6. The highest BCUT2D eigenvalue weighted by molar-refractivity contribution is 6.06. The van der Waals surface area contributed by atoms with Gasteiger partial charge in [0.15, 0.2) is 0 Å². The number of phenolic OH excluding ortho intramolecular Hbond substituents is 1. The van der Waals surface area contributed by atoms with E-state index in [-0.39, 0.29) is 17.3 Å². The fourth-order valence-electron chi connectivity index (χ4n) is 4.96. The molecule has 37 heavy (non-hydrogen) atoms. The molecule has 1 saturated heterocycles. The van der Waals surface area contributed by atoms with Crippen molar-refractivity contribution in [3.8, 4) is 11.5 Å². The van der Waals surface area contributed by atoms with Crippen molar-refractivity contribution < 1.29 is 14.6 Å². The number of ether oxygens (including phenoxy) is 1. The number of nitrogen functional groups attached to an aromatic ring is 1. The first-order valence-corrected chi connectivity index (χ1v) is 13.1. The van der Waals surface area contributed by atoms with Crippen LogP contribution in [-0.2, 0) is 6.42 Å². The fraction of sp³-hybridized carbons (Fsp3) is 0.367. The summed E-state index contributed by atoms with van der Waals surface area (Å²) in [5.74, 6) is 1.31. The predicted molar refractivity (Wildman–Crippen MR) is 149 cm³/mol. The van der Waals surface area contributed by atoms with E-state index in [1.54, 1.807) is 37.4 Å². The lowest BCUT2D eigenvalue weighted by Crippen LogP contribution is -2.31. The summed E-state index contributed by atoms with van der Waals surface area (Å²) in [4.78, 5) is 17.7. The second kappa shape index (κ2) is 11.1. The minimum absolute atomic E-state index is 0.000111. The van der Waals surface area contributed by atoms with E-state index < -0.39 is 0 Å². The molecule has 0 radical (unpaired) electrons. The van der Waals surface area contributed by atoms with E-state index in [1.807, 2.05) is 6.07 Å². The van der Waals surface area contributed by atoms with Gasteiger partial charge in [-0.2, -0.15) is 0 Å². The number of rotatable bonds is 8. The number of benzene rings is 3. The van der Waals surface area contributed by atoms with Crippen molar-refractivity contribution in [2.24, 2.45) is 5.92 Å². The molecule has 5 rings (SSSR count). The van der Waals surface area contributed by atoms with Crippen LogP contribution >= 0.6 is 0 Å². The van der Waals surface area contributed by atoms with Crippen molar-refractivity contribution in [1.29, 1.82) is 0 Å². The first-order chi connectivity index (χ1) is 18.0. The Morgan fingerprint density at radius 2 is 1.76 bits per heavy atom. The van der Waals surface area contributed by atoms with Gasteiger partial charge in [-0.15, -0.1) is 0 Å². The molecule has 1 aliphatic heterocycles. The van der Waals surface area contributed by atoms with Gasteiger partial charge in [-0.25, -0.2) is 0 Å². The van der Waals surface area contributed by atoms with Crippen molar-refractivity contribution in [3.63, 3.8) is 0 Å². The van der Waals surface area contributed by atoms with Crippen molar-refractivity contribution >= 4 is 23.0 Å². The van der Waals surface area contributed by atoms with Gasteiger partial charge in [-0.1, -0.05) is 18.2 Å². The second-order valence-electron chi connectivity index (χ2n) is 10.1. The number of hydrogen-bond acceptors (Lipinski definition) is 6. The average molecular weight is 501 g/mol. The van der Waals surface area contributed by atoms with E-state index >= 15 is 0 Å². The Morgan fingerprint density at radius 3 is 2.46 bits per heavy atom. The smallest absolute Gasteiger partial charge is 0.255 e. The Balaban J connectivity index is 1.20. The number of carbonyl (C=O) groups excluding carboxylic acids is 1. The first kappa shape index (κ1) is 25.0. The molecule has 1 saturated carbocycles. The third-order valence-electron chi connectivity index (χ3n) is 7.40. The molecule has 7 nitrogen and oxygen atoms in total. The quantitative estimate of drug-likeness (QED) is 0.306. The standard InChI is InChI=1S/C30H36N4O3/c1-37-26-12-7-23(8-13-26)30(36)32-27-14-9-24(29(35)28(27)31)19-21-5-10-25(11-6-21)34-16-2-15-33(17-18-34)20-22-3-4-22/h5-14,22,35H,2-4,15-20,31H2,1H3,(H,32,36). The summed E-state index contributed by atoms with van der Waals surface area (Å²) in [5.41, 5.74) is 10.3. The van der Waals surface area contributed by atoms with Gasteiger partial charge >= 0.3 is 0 Å². The van der Waals surface area contributed by atoms with Crippen LogP contribution in [-0.4, -0.2) is 55.7 Å². The van der Waals surface area contributed by atoms with Crippen molar-refractivity contribution in [1.82, 2.24) is 4.90 Å². The summed E-state index contributed by atoms with van der Waals surface area (Å²) in [6.45, 7) is 5.74. The Bertz CT molecular complexity index is 1220. The number of phenols is 1. The molecule has 2 fully saturated rings. The second-order valence-corrected chi connectivity index (χ2v) is 10.1. The molecular weight excluding hydrogens is 464 g/mol. The van der Waals surface area contributed by atoms with Gasteiger partial charge in [0.1, 0.15) is 11.5 Å². The lowest BCUT2D eigenvalue weighted by Gasteiger charge is -2.24. The summed E-state index contributed by atoms with van der Waals surface area (Å²) < 4.78 is 5.13. The predicted octanol–water partition coefficient (Wildman–Crippen LogP) is 4.75. The van der Waals surface area contributed by atoms with E-state index in [4.69, 9.17) is 10.5 Å². The fourth-order valence-corrected chi connectivity index (χ4v) is 4.96. The molecule has 4 N–H and O–H groups in total. The number of amides is 1. The zero-order valence-electron chi connectivity index (χ0n) is 21.5. The summed E-state index contributed by atoms with van der Waals surface area (Å²) in [6.07, 6.45) is 4.56. The lowest BCUT2D eigenvalue weighted by atomic mass is 10.0. The molecule has 3 aromatic rings. The average Bonchev–Trinajstić information content (AvgIpc) is 3.77.